The summed E-state index contributed by atoms with van der Waals surface area (Å²) in [6.07, 6.45) is 0.887. The third-order valence-electron chi connectivity index (χ3n) is 2.67. The Hall–Kier alpha value is -1.91. The largest absolute Gasteiger partial charge is 0.492 e. The Morgan fingerprint density at radius 3 is 2.47 bits per heavy atom. The van der Waals surface area contributed by atoms with Crippen molar-refractivity contribution >= 4 is 11.6 Å². The highest BCUT2D eigenvalue weighted by atomic mass is 35.5. The minimum Gasteiger partial charge on any atom is -0.492 e. The number of rotatable bonds is 4. The second-order valence-corrected chi connectivity index (χ2v) is 4.28. The Labute approximate surface area is 119 Å². The van der Waals surface area contributed by atoms with E-state index in [9.17, 15) is 0 Å². The van der Waals surface area contributed by atoms with Gasteiger partial charge in [0.25, 0.3) is 0 Å². The molecule has 0 aliphatic carbocycles. The first-order chi connectivity index (χ1) is 9.40. The second kappa shape index (κ2) is 7.51. The maximum absolute atomic E-state index is 5.79. The van der Waals surface area contributed by atoms with Gasteiger partial charge >= 0.3 is 0 Å². The summed E-state index contributed by atoms with van der Waals surface area (Å²) in [6, 6.07) is 18.1. The van der Waals surface area contributed by atoms with Crippen molar-refractivity contribution in [2.45, 2.75) is 6.42 Å². The van der Waals surface area contributed by atoms with E-state index in [1.165, 1.54) is 5.56 Å². The van der Waals surface area contributed by atoms with Gasteiger partial charge in [0.2, 0.25) is 0 Å². The van der Waals surface area contributed by atoms with Crippen LogP contribution in [0.4, 0.5) is 0 Å². The molecule has 96 valence electrons. The molecule has 1 nitrogen and oxygen atoms in total. The number of benzene rings is 2. The van der Waals surface area contributed by atoms with Crippen LogP contribution >= 0.6 is 11.6 Å². The normalized spacial score (nSPS) is 9.53. The Balaban J connectivity index is 1.96. The number of hydrogen-bond acceptors (Lipinski definition) is 1. The van der Waals surface area contributed by atoms with Crippen molar-refractivity contribution in [1.82, 2.24) is 0 Å². The molecule has 0 saturated heterocycles. The monoisotopic (exact) mass is 270 g/mol. The first kappa shape index (κ1) is 13.5. The quantitative estimate of drug-likeness (QED) is 0.605. The Kier molecular flexibility index (Phi) is 5.34. The fourth-order valence-electron chi connectivity index (χ4n) is 1.75. The van der Waals surface area contributed by atoms with E-state index < -0.39 is 0 Å². The predicted molar refractivity (Wildman–Crippen MR) is 79.7 cm³/mol. The van der Waals surface area contributed by atoms with Gasteiger partial charge in [-0.2, -0.15) is 0 Å². The van der Waals surface area contributed by atoms with Crippen molar-refractivity contribution in [2.75, 3.05) is 12.5 Å². The summed E-state index contributed by atoms with van der Waals surface area (Å²) < 4.78 is 5.79. The highest BCUT2D eigenvalue weighted by Crippen LogP contribution is 2.17. The highest BCUT2D eigenvalue weighted by Gasteiger charge is 2.00. The van der Waals surface area contributed by atoms with Crippen LogP contribution in [-0.2, 0) is 6.42 Å². The minimum atomic E-state index is 0.332. The number of alkyl halides is 1. The number of hydrogen-bond donors (Lipinski definition) is 0. The zero-order valence-corrected chi connectivity index (χ0v) is 11.4. The molecule has 0 aliphatic rings. The lowest BCUT2D eigenvalue weighted by Gasteiger charge is -2.08. The van der Waals surface area contributed by atoms with Crippen LogP contribution in [0.3, 0.4) is 0 Å². The van der Waals surface area contributed by atoms with Crippen LogP contribution in [-0.4, -0.2) is 12.5 Å². The smallest absolute Gasteiger partial charge is 0.134 e. The van der Waals surface area contributed by atoms with Gasteiger partial charge in [-0.25, -0.2) is 0 Å². The fourth-order valence-corrected chi connectivity index (χ4v) is 1.81. The Bertz CT molecular complexity index is 567. The van der Waals surface area contributed by atoms with Gasteiger partial charge in [0, 0.05) is 6.42 Å². The van der Waals surface area contributed by atoms with E-state index in [2.05, 4.69) is 24.0 Å². The molecule has 0 fully saturated rings. The summed E-state index contributed by atoms with van der Waals surface area (Å²) in [5.74, 6) is 7.00. The maximum Gasteiger partial charge on any atom is 0.134 e. The summed E-state index contributed by atoms with van der Waals surface area (Å²) in [7, 11) is 0. The van der Waals surface area contributed by atoms with Crippen molar-refractivity contribution in [3.05, 3.63) is 65.7 Å². The molecule has 0 atom stereocenters. The topological polar surface area (TPSA) is 9.23 Å². The van der Waals surface area contributed by atoms with Gasteiger partial charge in [-0.3, -0.25) is 0 Å². The van der Waals surface area contributed by atoms with Crippen LogP contribution in [0.5, 0.6) is 5.75 Å². The number of ether oxygens (including phenoxy) is 1. The summed E-state index contributed by atoms with van der Waals surface area (Å²) in [5.41, 5.74) is 2.16. The average Bonchev–Trinajstić information content (AvgIpc) is 2.47. The Morgan fingerprint density at radius 2 is 1.68 bits per heavy atom. The molecule has 19 heavy (non-hydrogen) atoms. The molecule has 0 N–H and O–H groups in total. The van der Waals surface area contributed by atoms with E-state index in [0.717, 1.165) is 17.7 Å². The lowest BCUT2D eigenvalue weighted by Crippen LogP contribution is -2.02. The minimum absolute atomic E-state index is 0.332. The van der Waals surface area contributed by atoms with Gasteiger partial charge in [0.05, 0.1) is 18.1 Å². The summed E-state index contributed by atoms with van der Waals surface area (Å²) >= 11 is 5.57. The van der Waals surface area contributed by atoms with Gasteiger partial charge < -0.3 is 4.74 Å². The molecule has 2 rings (SSSR count). The molecule has 0 aliphatic heterocycles. The van der Waals surface area contributed by atoms with Crippen molar-refractivity contribution in [3.8, 4) is 17.6 Å². The van der Waals surface area contributed by atoms with Gasteiger partial charge in [0.1, 0.15) is 5.75 Å². The standard InChI is InChI=1S/C17H15ClO/c18-13-6-10-16-9-4-5-11-17(16)19-14-12-15-7-2-1-3-8-15/h1-5,7-9,11H,12-14H2. The van der Waals surface area contributed by atoms with Crippen LogP contribution in [0.1, 0.15) is 11.1 Å². The molecule has 0 unspecified atom stereocenters. The van der Waals surface area contributed by atoms with Crippen molar-refractivity contribution in [2.24, 2.45) is 0 Å². The zero-order valence-electron chi connectivity index (χ0n) is 10.6. The van der Waals surface area contributed by atoms with E-state index in [1.807, 2.05) is 42.5 Å². The third kappa shape index (κ3) is 4.35. The summed E-state index contributed by atoms with van der Waals surface area (Å²) in [6.45, 7) is 0.642. The maximum atomic E-state index is 5.79. The lowest BCUT2D eigenvalue weighted by molar-refractivity contribution is 0.321. The molecule has 0 radical (unpaired) electrons. The molecule has 0 heterocycles. The van der Waals surface area contributed by atoms with E-state index in [-0.39, 0.29) is 0 Å². The molecule has 0 saturated carbocycles. The SMILES string of the molecule is ClCC#Cc1ccccc1OCCc1ccccc1. The zero-order chi connectivity index (χ0) is 13.3. The number of para-hydroxylation sites is 1. The first-order valence-electron chi connectivity index (χ1n) is 6.21. The molecule has 0 spiro atoms. The molecule has 0 bridgehead atoms. The highest BCUT2D eigenvalue weighted by molar-refractivity contribution is 6.19. The molecule has 2 aromatic rings. The molecule has 2 aromatic carbocycles. The summed E-state index contributed by atoms with van der Waals surface area (Å²) in [4.78, 5) is 0. The van der Waals surface area contributed by atoms with E-state index >= 15 is 0 Å². The fraction of sp³-hybridized carbons (Fsp3) is 0.176. The first-order valence-corrected chi connectivity index (χ1v) is 6.74. The van der Waals surface area contributed by atoms with E-state index in [1.54, 1.807) is 0 Å². The van der Waals surface area contributed by atoms with Crippen LogP contribution in [0.2, 0.25) is 0 Å². The van der Waals surface area contributed by atoms with Gasteiger partial charge in [-0.05, 0) is 17.7 Å². The Morgan fingerprint density at radius 1 is 0.947 bits per heavy atom. The van der Waals surface area contributed by atoms with Gasteiger partial charge in [-0.15, -0.1) is 11.6 Å². The van der Waals surface area contributed by atoms with Crippen LogP contribution in [0, 0.1) is 11.8 Å². The number of halogens is 1. The lowest BCUT2D eigenvalue weighted by atomic mass is 10.1. The van der Waals surface area contributed by atoms with Gasteiger partial charge in [-0.1, -0.05) is 54.3 Å². The van der Waals surface area contributed by atoms with E-state index in [0.29, 0.717) is 12.5 Å². The van der Waals surface area contributed by atoms with Crippen LogP contribution < -0.4 is 4.74 Å². The van der Waals surface area contributed by atoms with E-state index in [4.69, 9.17) is 16.3 Å². The predicted octanol–water partition coefficient (Wildman–Crippen LogP) is 3.90. The van der Waals surface area contributed by atoms with Crippen molar-refractivity contribution in [1.29, 1.82) is 0 Å². The molecule has 2 heteroatoms. The van der Waals surface area contributed by atoms with Crippen molar-refractivity contribution < 1.29 is 4.74 Å². The van der Waals surface area contributed by atoms with Crippen LogP contribution in [0.25, 0.3) is 0 Å². The van der Waals surface area contributed by atoms with Crippen LogP contribution in [0.15, 0.2) is 54.6 Å². The molecule has 0 aromatic heterocycles. The molecule has 0 amide bonds. The van der Waals surface area contributed by atoms with Gasteiger partial charge in [0.15, 0.2) is 0 Å². The average molecular weight is 271 g/mol. The molecular formula is C17H15ClO. The molecular weight excluding hydrogens is 256 g/mol. The third-order valence-corrected chi connectivity index (χ3v) is 2.80. The van der Waals surface area contributed by atoms with Crippen molar-refractivity contribution in [3.63, 3.8) is 0 Å². The second-order valence-electron chi connectivity index (χ2n) is 4.02. The summed E-state index contributed by atoms with van der Waals surface area (Å²) in [5, 5.41) is 0.